The maximum Gasteiger partial charge on any atom is 0.225 e. The molecule has 1 aromatic heterocycles. The van der Waals surface area contributed by atoms with E-state index >= 15 is 0 Å². The molecule has 1 amide bonds. The van der Waals surface area contributed by atoms with Gasteiger partial charge in [0.05, 0.1) is 18.2 Å². The van der Waals surface area contributed by atoms with E-state index in [1.165, 1.54) is 0 Å². The number of aryl methyl sites for hydroxylation is 1. The first-order valence-corrected chi connectivity index (χ1v) is 10.4. The van der Waals surface area contributed by atoms with Crippen LogP contribution in [0.2, 0.25) is 5.02 Å². The molecule has 0 fully saturated rings. The molecule has 0 saturated carbocycles. The van der Waals surface area contributed by atoms with Gasteiger partial charge in [-0.1, -0.05) is 67.9 Å². The van der Waals surface area contributed by atoms with Crippen LogP contribution in [0.4, 0.5) is 0 Å². The van der Waals surface area contributed by atoms with Crippen LogP contribution in [0.5, 0.6) is 0 Å². The minimum Gasteiger partial charge on any atom is -0.345 e. The van der Waals surface area contributed by atoms with Crippen molar-refractivity contribution in [3.63, 3.8) is 0 Å². The molecule has 0 radical (unpaired) electrons. The Labute approximate surface area is 177 Å². The molecule has 0 spiro atoms. The van der Waals surface area contributed by atoms with E-state index in [2.05, 4.69) is 24.3 Å². The van der Waals surface area contributed by atoms with E-state index in [9.17, 15) is 4.79 Å². The number of benzene rings is 2. The molecule has 4 nitrogen and oxygen atoms in total. The second-order valence-corrected chi connectivity index (χ2v) is 8.30. The fourth-order valence-electron chi connectivity index (χ4n) is 3.58. The first-order chi connectivity index (χ1) is 13.8. The van der Waals surface area contributed by atoms with Crippen LogP contribution in [0.15, 0.2) is 54.6 Å². The van der Waals surface area contributed by atoms with Crippen molar-refractivity contribution in [1.82, 2.24) is 15.1 Å². The molecular weight excluding hydrogens is 382 g/mol. The van der Waals surface area contributed by atoms with Crippen LogP contribution in [-0.4, -0.2) is 15.7 Å². The second-order valence-electron chi connectivity index (χ2n) is 7.87. The van der Waals surface area contributed by atoms with Gasteiger partial charge in [0.2, 0.25) is 5.91 Å². The number of nitrogens with one attached hydrogen (secondary N) is 1. The van der Waals surface area contributed by atoms with Crippen molar-refractivity contribution in [2.45, 2.75) is 46.7 Å². The summed E-state index contributed by atoms with van der Waals surface area (Å²) in [5.41, 5.74) is 4.96. The lowest BCUT2D eigenvalue weighted by Crippen LogP contribution is -2.30. The van der Waals surface area contributed by atoms with Crippen LogP contribution < -0.4 is 5.32 Å². The van der Waals surface area contributed by atoms with E-state index in [0.717, 1.165) is 34.6 Å². The lowest BCUT2D eigenvalue weighted by molar-refractivity contribution is -0.121. The standard InChI is InChI=1S/C24H28ClN3O/c1-16(2)15-28-18(4)22(17(3)27-28)14-23(29)26-24(19-9-6-5-7-10-19)20-11-8-12-21(25)13-20/h5-13,16,24H,14-15H2,1-4H3,(H,26,29). The molecule has 152 valence electrons. The topological polar surface area (TPSA) is 46.9 Å². The van der Waals surface area contributed by atoms with Gasteiger partial charge >= 0.3 is 0 Å². The van der Waals surface area contributed by atoms with Gasteiger partial charge in [0.15, 0.2) is 0 Å². The average Bonchev–Trinajstić information content (AvgIpc) is 2.93. The SMILES string of the molecule is Cc1nn(CC(C)C)c(C)c1CC(=O)NC(c1ccccc1)c1cccc(Cl)c1. The van der Waals surface area contributed by atoms with Crippen molar-refractivity contribution in [2.24, 2.45) is 5.92 Å². The summed E-state index contributed by atoms with van der Waals surface area (Å²) in [6, 6.07) is 17.3. The molecule has 3 rings (SSSR count). The van der Waals surface area contributed by atoms with Crippen LogP contribution in [0, 0.1) is 19.8 Å². The number of carbonyl (C=O) groups excluding carboxylic acids is 1. The number of halogens is 1. The van der Waals surface area contributed by atoms with Crippen molar-refractivity contribution in [3.05, 3.63) is 87.7 Å². The van der Waals surface area contributed by atoms with Crippen molar-refractivity contribution < 1.29 is 4.79 Å². The Balaban J connectivity index is 1.84. The fourth-order valence-corrected chi connectivity index (χ4v) is 3.78. The van der Waals surface area contributed by atoms with Gasteiger partial charge in [-0.05, 0) is 43.0 Å². The minimum atomic E-state index is -0.256. The molecule has 3 aromatic rings. The number of amides is 1. The summed E-state index contributed by atoms with van der Waals surface area (Å²) in [5, 5.41) is 8.48. The molecule has 1 heterocycles. The van der Waals surface area contributed by atoms with E-state index in [-0.39, 0.29) is 11.9 Å². The van der Waals surface area contributed by atoms with Crippen LogP contribution in [0.3, 0.4) is 0 Å². The summed E-state index contributed by atoms with van der Waals surface area (Å²) in [5.74, 6) is 0.467. The minimum absolute atomic E-state index is 0.0332. The highest BCUT2D eigenvalue weighted by atomic mass is 35.5. The molecule has 5 heteroatoms. The van der Waals surface area contributed by atoms with Gasteiger partial charge in [-0.25, -0.2) is 0 Å². The summed E-state index contributed by atoms with van der Waals surface area (Å²) < 4.78 is 2.01. The zero-order valence-electron chi connectivity index (χ0n) is 17.4. The molecule has 0 aliphatic rings. The Morgan fingerprint density at radius 2 is 1.76 bits per heavy atom. The number of aromatic nitrogens is 2. The summed E-state index contributed by atoms with van der Waals surface area (Å²) >= 11 is 6.20. The average molecular weight is 410 g/mol. The van der Waals surface area contributed by atoms with Crippen molar-refractivity contribution >= 4 is 17.5 Å². The van der Waals surface area contributed by atoms with Crippen molar-refractivity contribution in [2.75, 3.05) is 0 Å². The Morgan fingerprint density at radius 1 is 1.07 bits per heavy atom. The molecule has 0 aliphatic carbocycles. The van der Waals surface area contributed by atoms with Gasteiger partial charge in [-0.15, -0.1) is 0 Å². The van der Waals surface area contributed by atoms with E-state index < -0.39 is 0 Å². The third-order valence-corrected chi connectivity index (χ3v) is 5.26. The van der Waals surface area contributed by atoms with Crippen molar-refractivity contribution in [3.8, 4) is 0 Å². The van der Waals surface area contributed by atoms with Gasteiger partial charge < -0.3 is 5.32 Å². The molecule has 2 aromatic carbocycles. The smallest absolute Gasteiger partial charge is 0.225 e. The zero-order valence-corrected chi connectivity index (χ0v) is 18.2. The summed E-state index contributed by atoms with van der Waals surface area (Å²) in [6.45, 7) is 9.19. The monoisotopic (exact) mass is 409 g/mol. The van der Waals surface area contributed by atoms with Gasteiger partial charge in [0.1, 0.15) is 0 Å². The third kappa shape index (κ3) is 5.27. The lowest BCUT2D eigenvalue weighted by Gasteiger charge is -2.20. The van der Waals surface area contributed by atoms with E-state index in [0.29, 0.717) is 17.4 Å². The van der Waals surface area contributed by atoms with E-state index in [1.54, 1.807) is 0 Å². The van der Waals surface area contributed by atoms with Crippen LogP contribution in [0.1, 0.15) is 48.0 Å². The largest absolute Gasteiger partial charge is 0.345 e. The molecule has 1 unspecified atom stereocenters. The number of hydrogen-bond donors (Lipinski definition) is 1. The highest BCUT2D eigenvalue weighted by Gasteiger charge is 2.20. The first-order valence-electron chi connectivity index (χ1n) is 9.97. The van der Waals surface area contributed by atoms with Crippen LogP contribution in [-0.2, 0) is 17.8 Å². The van der Waals surface area contributed by atoms with Crippen LogP contribution in [0.25, 0.3) is 0 Å². The molecule has 0 aliphatic heterocycles. The fraction of sp³-hybridized carbons (Fsp3) is 0.333. The maximum absolute atomic E-state index is 13.0. The van der Waals surface area contributed by atoms with E-state index in [4.69, 9.17) is 11.6 Å². The summed E-state index contributed by atoms with van der Waals surface area (Å²) in [4.78, 5) is 13.0. The number of hydrogen-bond acceptors (Lipinski definition) is 2. The normalized spacial score (nSPS) is 12.2. The van der Waals surface area contributed by atoms with E-state index in [1.807, 2.05) is 73.1 Å². The number of nitrogens with zero attached hydrogens (tertiary/aromatic N) is 2. The highest BCUT2D eigenvalue weighted by molar-refractivity contribution is 6.30. The maximum atomic E-state index is 13.0. The molecule has 0 bridgehead atoms. The molecular formula is C24H28ClN3O. The van der Waals surface area contributed by atoms with Gasteiger partial charge in [-0.3, -0.25) is 9.48 Å². The highest BCUT2D eigenvalue weighted by Crippen LogP contribution is 2.25. The van der Waals surface area contributed by atoms with Gasteiger partial charge in [0, 0.05) is 22.8 Å². The van der Waals surface area contributed by atoms with Crippen molar-refractivity contribution in [1.29, 1.82) is 0 Å². The molecule has 29 heavy (non-hydrogen) atoms. The summed E-state index contributed by atoms with van der Waals surface area (Å²) in [7, 11) is 0. The Hall–Kier alpha value is -2.59. The molecule has 1 atom stereocenters. The third-order valence-electron chi connectivity index (χ3n) is 5.03. The molecule has 0 saturated heterocycles. The second kappa shape index (κ2) is 9.27. The Morgan fingerprint density at radius 3 is 2.41 bits per heavy atom. The Kier molecular flexibility index (Phi) is 6.75. The Bertz CT molecular complexity index is 979. The predicted octanol–water partition coefficient (Wildman–Crippen LogP) is 5.26. The predicted molar refractivity (Wildman–Crippen MR) is 118 cm³/mol. The number of carbonyl (C=O) groups is 1. The quantitative estimate of drug-likeness (QED) is 0.578. The molecule has 1 N–H and O–H groups in total. The van der Waals surface area contributed by atoms with Gasteiger partial charge in [0.25, 0.3) is 0 Å². The zero-order chi connectivity index (χ0) is 21.0. The lowest BCUT2D eigenvalue weighted by atomic mass is 9.98. The van der Waals surface area contributed by atoms with Crippen LogP contribution >= 0.6 is 11.6 Å². The first kappa shape index (κ1) is 21.1. The summed E-state index contributed by atoms with van der Waals surface area (Å²) in [6.07, 6.45) is 0.305. The van der Waals surface area contributed by atoms with Gasteiger partial charge in [-0.2, -0.15) is 5.10 Å². The number of rotatable bonds is 7.